The van der Waals surface area contributed by atoms with Crippen molar-refractivity contribution < 1.29 is 33.7 Å². The minimum atomic E-state index is -4.09. The zero-order valence-electron chi connectivity index (χ0n) is 14.6. The Hall–Kier alpha value is -1.70. The third kappa shape index (κ3) is 3.51. The Bertz CT molecular complexity index is 943. The van der Waals surface area contributed by atoms with Gasteiger partial charge in [-0.3, -0.25) is 13.9 Å². The molecule has 0 saturated carbocycles. The molecule has 13 nitrogen and oxygen atoms in total. The molecule has 0 bridgehead atoms. The lowest BCUT2D eigenvalue weighted by Gasteiger charge is -2.30. The standard InChI is InChI=1S/C14H20N5O8P/c20-10-8(5-26-28(23,24)18-1-3-25-4-2-18)27-14(11(10)21)19-7-17-9-12(19)15-6-16-13(9)22/h6-8,10-11,14,20-21H,1-5H2,(H,23,24)(H,15,16,22)/t8-,10+,11?,14-/m1/s1. The van der Waals surface area contributed by atoms with Crippen molar-refractivity contribution in [1.29, 1.82) is 0 Å². The normalized spacial score (nSPS) is 31.2. The summed E-state index contributed by atoms with van der Waals surface area (Å²) in [6, 6.07) is 0. The molecule has 4 N–H and O–H groups in total. The molecule has 5 atom stereocenters. The molecule has 0 aromatic carbocycles. The van der Waals surface area contributed by atoms with Gasteiger partial charge in [-0.25, -0.2) is 19.2 Å². The van der Waals surface area contributed by atoms with Gasteiger partial charge in [0, 0.05) is 13.1 Å². The van der Waals surface area contributed by atoms with E-state index in [0.717, 1.165) is 0 Å². The highest BCUT2D eigenvalue weighted by Gasteiger charge is 2.45. The van der Waals surface area contributed by atoms with Gasteiger partial charge in [0.05, 0.1) is 32.5 Å². The van der Waals surface area contributed by atoms with E-state index in [0.29, 0.717) is 13.2 Å². The number of ether oxygens (including phenoxy) is 2. The third-order valence-electron chi connectivity index (χ3n) is 4.73. The van der Waals surface area contributed by atoms with Crippen LogP contribution < -0.4 is 5.56 Å². The van der Waals surface area contributed by atoms with Gasteiger partial charge in [-0.05, 0) is 0 Å². The smallest absolute Gasteiger partial charge is 0.387 e. The monoisotopic (exact) mass is 417 g/mol. The number of rotatable bonds is 5. The molecule has 4 heterocycles. The number of aromatic nitrogens is 4. The second-order valence-corrected chi connectivity index (χ2v) is 8.26. The third-order valence-corrected chi connectivity index (χ3v) is 6.33. The summed E-state index contributed by atoms with van der Waals surface area (Å²) in [7, 11) is -4.09. The lowest BCUT2D eigenvalue weighted by Crippen LogP contribution is -2.36. The Morgan fingerprint density at radius 2 is 2.04 bits per heavy atom. The van der Waals surface area contributed by atoms with Crippen LogP contribution in [0.1, 0.15) is 6.23 Å². The SMILES string of the molecule is O=c1[nH]cnc2c1ncn2[C@@H]1O[C@H](COP(=O)(O)N2CCOCC2)[C@H](O)C1O. The van der Waals surface area contributed by atoms with Crippen LogP contribution in [0.2, 0.25) is 0 Å². The van der Waals surface area contributed by atoms with Gasteiger partial charge >= 0.3 is 7.75 Å². The molecule has 4 rings (SSSR count). The van der Waals surface area contributed by atoms with E-state index in [-0.39, 0.29) is 24.3 Å². The summed E-state index contributed by atoms with van der Waals surface area (Å²) in [5, 5.41) is 20.6. The predicted molar refractivity (Wildman–Crippen MR) is 92.2 cm³/mol. The zero-order chi connectivity index (χ0) is 19.9. The van der Waals surface area contributed by atoms with Gasteiger partial charge in [0.25, 0.3) is 5.56 Å². The summed E-state index contributed by atoms with van der Waals surface area (Å²) in [5.41, 5.74) is -0.231. The maximum Gasteiger partial charge on any atom is 0.405 e. The fourth-order valence-corrected chi connectivity index (χ4v) is 4.38. The van der Waals surface area contributed by atoms with Crippen molar-refractivity contribution in [3.05, 3.63) is 23.0 Å². The first-order chi connectivity index (χ1) is 13.4. The lowest BCUT2D eigenvalue weighted by atomic mass is 10.1. The van der Waals surface area contributed by atoms with Crippen LogP contribution in [0.15, 0.2) is 17.4 Å². The molecule has 0 aliphatic carbocycles. The van der Waals surface area contributed by atoms with Crippen LogP contribution in [-0.2, 0) is 18.6 Å². The molecular weight excluding hydrogens is 397 g/mol. The van der Waals surface area contributed by atoms with Crippen LogP contribution in [-0.4, -0.2) is 90.5 Å². The van der Waals surface area contributed by atoms with E-state index < -0.39 is 44.5 Å². The second kappa shape index (κ2) is 7.61. The quantitative estimate of drug-likeness (QED) is 0.404. The van der Waals surface area contributed by atoms with Crippen LogP contribution >= 0.6 is 7.75 Å². The van der Waals surface area contributed by atoms with Crippen molar-refractivity contribution >= 4 is 18.9 Å². The first kappa shape index (κ1) is 19.6. The van der Waals surface area contributed by atoms with Crippen LogP contribution in [0.5, 0.6) is 0 Å². The van der Waals surface area contributed by atoms with Gasteiger partial charge in [-0.15, -0.1) is 0 Å². The number of aliphatic hydroxyl groups excluding tert-OH is 2. The van der Waals surface area contributed by atoms with Crippen molar-refractivity contribution in [1.82, 2.24) is 24.2 Å². The number of morpholine rings is 1. The second-order valence-electron chi connectivity index (χ2n) is 6.45. The first-order valence-electron chi connectivity index (χ1n) is 8.61. The molecule has 2 aromatic heterocycles. The minimum absolute atomic E-state index is 0.0552. The van der Waals surface area contributed by atoms with Gasteiger partial charge < -0.3 is 29.6 Å². The van der Waals surface area contributed by atoms with Crippen molar-refractivity contribution in [2.45, 2.75) is 24.5 Å². The summed E-state index contributed by atoms with van der Waals surface area (Å²) < 4.78 is 30.9. The number of fused-ring (bicyclic) bond motifs is 1. The molecule has 0 radical (unpaired) electrons. The maximum absolute atomic E-state index is 12.4. The Labute approximate surface area is 158 Å². The number of hydrogen-bond donors (Lipinski definition) is 4. The fraction of sp³-hybridized carbons (Fsp3) is 0.643. The molecule has 2 fully saturated rings. The summed E-state index contributed by atoms with van der Waals surface area (Å²) in [6.45, 7) is 0.706. The van der Waals surface area contributed by atoms with Crippen LogP contribution in [0, 0.1) is 0 Å². The van der Waals surface area contributed by atoms with Crippen molar-refractivity contribution in [3.63, 3.8) is 0 Å². The summed E-state index contributed by atoms with van der Waals surface area (Å²) in [5.74, 6) is 0. The van der Waals surface area contributed by atoms with Gasteiger partial charge in [0.1, 0.15) is 18.3 Å². The number of aliphatic hydroxyl groups is 2. The van der Waals surface area contributed by atoms with Crippen molar-refractivity contribution in [2.75, 3.05) is 32.9 Å². The molecule has 2 unspecified atom stereocenters. The van der Waals surface area contributed by atoms with E-state index in [1.165, 1.54) is 21.9 Å². The van der Waals surface area contributed by atoms with Crippen molar-refractivity contribution in [2.24, 2.45) is 0 Å². The lowest BCUT2D eigenvalue weighted by molar-refractivity contribution is -0.0507. The number of nitrogens with one attached hydrogen (secondary N) is 1. The molecule has 2 saturated heterocycles. The average Bonchev–Trinajstić information content (AvgIpc) is 3.24. The molecule has 154 valence electrons. The number of imidazole rings is 1. The highest BCUT2D eigenvalue weighted by atomic mass is 31.2. The van der Waals surface area contributed by atoms with E-state index in [2.05, 4.69) is 15.0 Å². The van der Waals surface area contributed by atoms with E-state index in [9.17, 15) is 24.5 Å². The molecule has 2 aliphatic heterocycles. The van der Waals surface area contributed by atoms with Crippen LogP contribution in [0.25, 0.3) is 11.2 Å². The molecular formula is C14H20N5O8P. The van der Waals surface area contributed by atoms with E-state index >= 15 is 0 Å². The summed E-state index contributed by atoms with van der Waals surface area (Å²) in [6.07, 6.45) is -2.47. The van der Waals surface area contributed by atoms with Gasteiger partial charge in [0.15, 0.2) is 17.4 Å². The molecule has 2 aromatic rings. The topological polar surface area (TPSA) is 172 Å². The molecule has 0 spiro atoms. The zero-order valence-corrected chi connectivity index (χ0v) is 15.5. The maximum atomic E-state index is 12.4. The highest BCUT2D eigenvalue weighted by molar-refractivity contribution is 7.50. The van der Waals surface area contributed by atoms with Crippen LogP contribution in [0.3, 0.4) is 0 Å². The Balaban J connectivity index is 1.48. The Kier molecular flexibility index (Phi) is 5.33. The number of H-pyrrole nitrogens is 1. The minimum Gasteiger partial charge on any atom is -0.387 e. The number of aromatic amines is 1. The predicted octanol–water partition coefficient (Wildman–Crippen LogP) is -1.81. The Morgan fingerprint density at radius 1 is 1.29 bits per heavy atom. The average molecular weight is 417 g/mol. The molecule has 14 heteroatoms. The van der Waals surface area contributed by atoms with Gasteiger partial charge in [-0.1, -0.05) is 0 Å². The van der Waals surface area contributed by atoms with Crippen LogP contribution in [0.4, 0.5) is 0 Å². The van der Waals surface area contributed by atoms with Gasteiger partial charge in [0.2, 0.25) is 0 Å². The highest BCUT2D eigenvalue weighted by Crippen LogP contribution is 2.47. The molecule has 28 heavy (non-hydrogen) atoms. The fourth-order valence-electron chi connectivity index (χ4n) is 3.20. The van der Waals surface area contributed by atoms with E-state index in [1.54, 1.807) is 0 Å². The largest absolute Gasteiger partial charge is 0.405 e. The summed E-state index contributed by atoms with van der Waals surface area (Å²) in [4.78, 5) is 32.2. The number of nitrogens with zero attached hydrogens (tertiary/aromatic N) is 4. The molecule has 2 aliphatic rings. The summed E-state index contributed by atoms with van der Waals surface area (Å²) >= 11 is 0. The van der Waals surface area contributed by atoms with Crippen molar-refractivity contribution in [3.8, 4) is 0 Å². The first-order valence-corrected chi connectivity index (χ1v) is 10.1. The van der Waals surface area contributed by atoms with E-state index in [1.807, 2.05) is 0 Å². The van der Waals surface area contributed by atoms with E-state index in [4.69, 9.17) is 14.0 Å². The molecule has 0 amide bonds. The Morgan fingerprint density at radius 3 is 2.79 bits per heavy atom. The van der Waals surface area contributed by atoms with Gasteiger partial charge in [-0.2, -0.15) is 0 Å². The number of hydrogen-bond acceptors (Lipinski definition) is 9.